The minimum Gasteiger partial charge on any atom is -0.488 e. The molecule has 3 N–H and O–H groups in total. The molecule has 0 saturated carbocycles. The van der Waals surface area contributed by atoms with E-state index >= 15 is 0 Å². The average Bonchev–Trinajstić information content (AvgIpc) is 3.25. The first kappa shape index (κ1) is 23.0. The fraction of sp³-hybridized carbons (Fsp3) is 0.308. The number of amides is 2. The van der Waals surface area contributed by atoms with Gasteiger partial charge in [-0.25, -0.2) is 0 Å². The van der Waals surface area contributed by atoms with Gasteiger partial charge in [-0.3, -0.25) is 9.59 Å². The molecule has 0 unspecified atom stereocenters. The molecule has 1 aliphatic heterocycles. The van der Waals surface area contributed by atoms with E-state index in [1.165, 1.54) is 6.92 Å². The molecular formula is C26H29N3O3S. The second-order valence-electron chi connectivity index (χ2n) is 8.37. The standard InChI is InChI=1S/C26H29N3O3S/c1-16-7-8-21(32-22-13-27-14-22)12-24(16)26(31)29-17(2)19-5-4-6-20(11-19)25-10-9-23(33-25)15-28-18(3)30/h4-12,17,22,27H,13-15H2,1-3H3,(H,28,30)(H,29,31)/t17-/m1/s1. The molecule has 172 valence electrons. The Morgan fingerprint density at radius 2 is 1.97 bits per heavy atom. The van der Waals surface area contributed by atoms with Crippen molar-refractivity contribution >= 4 is 23.2 Å². The van der Waals surface area contributed by atoms with Crippen LogP contribution in [0.25, 0.3) is 10.4 Å². The van der Waals surface area contributed by atoms with Crippen LogP contribution in [0.5, 0.6) is 5.75 Å². The molecule has 1 aliphatic rings. The molecule has 7 heteroatoms. The van der Waals surface area contributed by atoms with Crippen LogP contribution in [0.2, 0.25) is 0 Å². The maximum absolute atomic E-state index is 13.0. The number of hydrogen-bond donors (Lipinski definition) is 3. The Kier molecular flexibility index (Phi) is 7.11. The van der Waals surface area contributed by atoms with Crippen molar-refractivity contribution in [3.63, 3.8) is 0 Å². The Hall–Kier alpha value is -3.16. The number of thiophene rings is 1. The minimum absolute atomic E-state index is 0.0381. The second kappa shape index (κ2) is 10.2. The van der Waals surface area contributed by atoms with E-state index < -0.39 is 0 Å². The van der Waals surface area contributed by atoms with Crippen LogP contribution in [0, 0.1) is 6.92 Å². The van der Waals surface area contributed by atoms with E-state index in [-0.39, 0.29) is 24.0 Å². The Balaban J connectivity index is 1.44. The second-order valence-corrected chi connectivity index (χ2v) is 9.54. The van der Waals surface area contributed by atoms with Gasteiger partial charge in [-0.1, -0.05) is 24.3 Å². The van der Waals surface area contributed by atoms with Crippen LogP contribution in [0.1, 0.15) is 46.3 Å². The Morgan fingerprint density at radius 3 is 2.70 bits per heavy atom. The van der Waals surface area contributed by atoms with Crippen LogP contribution >= 0.6 is 11.3 Å². The molecule has 0 radical (unpaired) electrons. The highest BCUT2D eigenvalue weighted by Gasteiger charge is 2.20. The van der Waals surface area contributed by atoms with Crippen LogP contribution in [0.4, 0.5) is 0 Å². The molecule has 6 nitrogen and oxygen atoms in total. The highest BCUT2D eigenvalue weighted by molar-refractivity contribution is 7.15. The van der Waals surface area contributed by atoms with Gasteiger partial charge >= 0.3 is 0 Å². The minimum atomic E-state index is -0.156. The molecular weight excluding hydrogens is 434 g/mol. The summed E-state index contributed by atoms with van der Waals surface area (Å²) < 4.78 is 5.92. The van der Waals surface area contributed by atoms with Gasteiger partial charge in [0.05, 0.1) is 12.6 Å². The Labute approximate surface area is 198 Å². The lowest BCUT2D eigenvalue weighted by Crippen LogP contribution is -2.50. The summed E-state index contributed by atoms with van der Waals surface area (Å²) in [6, 6.07) is 17.8. The lowest BCUT2D eigenvalue weighted by Gasteiger charge is -2.28. The van der Waals surface area contributed by atoms with Crippen molar-refractivity contribution < 1.29 is 14.3 Å². The molecule has 33 heavy (non-hydrogen) atoms. The molecule has 0 aliphatic carbocycles. The summed E-state index contributed by atoms with van der Waals surface area (Å²) in [7, 11) is 0. The normalized spacial score (nSPS) is 14.3. The van der Waals surface area contributed by atoms with Crippen LogP contribution in [0.15, 0.2) is 54.6 Å². The molecule has 2 amide bonds. The number of hydrogen-bond acceptors (Lipinski definition) is 5. The summed E-state index contributed by atoms with van der Waals surface area (Å²) in [5.41, 5.74) is 3.66. The molecule has 4 rings (SSSR count). The zero-order chi connectivity index (χ0) is 23.4. The van der Waals surface area contributed by atoms with Gasteiger partial charge in [0.25, 0.3) is 5.91 Å². The maximum atomic E-state index is 13.0. The summed E-state index contributed by atoms with van der Waals surface area (Å²) in [4.78, 5) is 26.4. The number of nitrogens with one attached hydrogen (secondary N) is 3. The molecule has 1 saturated heterocycles. The molecule has 1 fully saturated rings. The van der Waals surface area contributed by atoms with E-state index in [0.717, 1.165) is 45.3 Å². The van der Waals surface area contributed by atoms with E-state index in [0.29, 0.717) is 12.1 Å². The number of carbonyl (C=O) groups is 2. The first-order valence-corrected chi connectivity index (χ1v) is 11.9. The van der Waals surface area contributed by atoms with Crippen molar-refractivity contribution in [2.75, 3.05) is 13.1 Å². The first-order valence-electron chi connectivity index (χ1n) is 11.1. The van der Waals surface area contributed by atoms with E-state index in [1.807, 2.05) is 50.2 Å². The predicted molar refractivity (Wildman–Crippen MR) is 132 cm³/mol. The lowest BCUT2D eigenvalue weighted by atomic mass is 10.0. The van der Waals surface area contributed by atoms with Crippen LogP contribution < -0.4 is 20.7 Å². The molecule has 0 bridgehead atoms. The lowest BCUT2D eigenvalue weighted by molar-refractivity contribution is -0.119. The van der Waals surface area contributed by atoms with Gasteiger partial charge in [0.15, 0.2) is 0 Å². The summed E-state index contributed by atoms with van der Waals surface area (Å²) >= 11 is 1.65. The highest BCUT2D eigenvalue weighted by Crippen LogP contribution is 2.30. The molecule has 2 aromatic carbocycles. The van der Waals surface area contributed by atoms with Crippen molar-refractivity contribution in [2.45, 2.75) is 39.5 Å². The summed E-state index contributed by atoms with van der Waals surface area (Å²) in [6.07, 6.45) is 0.168. The van der Waals surface area contributed by atoms with Gasteiger partial charge in [0.1, 0.15) is 11.9 Å². The molecule has 1 atom stereocenters. The third kappa shape index (κ3) is 5.80. The number of aryl methyl sites for hydroxylation is 1. The SMILES string of the molecule is CC(=O)NCc1ccc(-c2cccc([C@@H](C)NC(=O)c3cc(OC4CNC4)ccc3C)c2)s1. The quantitative estimate of drug-likeness (QED) is 0.468. The summed E-state index contributed by atoms with van der Waals surface area (Å²) in [5, 5.41) is 9.14. The van der Waals surface area contributed by atoms with Crippen molar-refractivity contribution in [1.29, 1.82) is 0 Å². The van der Waals surface area contributed by atoms with E-state index in [2.05, 4.69) is 34.1 Å². The van der Waals surface area contributed by atoms with Gasteiger partial charge in [-0.15, -0.1) is 11.3 Å². The van der Waals surface area contributed by atoms with Gasteiger partial charge in [0.2, 0.25) is 5.91 Å². The Bertz CT molecular complexity index is 1150. The highest BCUT2D eigenvalue weighted by atomic mass is 32.1. The number of ether oxygens (including phenoxy) is 1. The third-order valence-electron chi connectivity index (χ3n) is 5.69. The van der Waals surface area contributed by atoms with Crippen molar-refractivity contribution in [3.8, 4) is 16.2 Å². The predicted octanol–water partition coefficient (Wildman–Crippen LogP) is 4.20. The molecule has 0 spiro atoms. The largest absolute Gasteiger partial charge is 0.488 e. The third-order valence-corrected chi connectivity index (χ3v) is 6.83. The van der Waals surface area contributed by atoms with E-state index in [4.69, 9.17) is 4.74 Å². The van der Waals surface area contributed by atoms with Gasteiger partial charge in [-0.05, 0) is 60.9 Å². The molecule has 2 heterocycles. The maximum Gasteiger partial charge on any atom is 0.252 e. The first-order chi connectivity index (χ1) is 15.9. The smallest absolute Gasteiger partial charge is 0.252 e. The summed E-state index contributed by atoms with van der Waals surface area (Å²) in [6.45, 7) is 7.65. The van der Waals surface area contributed by atoms with E-state index in [1.54, 1.807) is 11.3 Å². The number of benzene rings is 2. The molecule has 3 aromatic rings. The van der Waals surface area contributed by atoms with Crippen molar-refractivity contribution in [3.05, 3.63) is 76.2 Å². The zero-order valence-electron chi connectivity index (χ0n) is 19.1. The number of rotatable bonds is 8. The topological polar surface area (TPSA) is 79.5 Å². The monoisotopic (exact) mass is 463 g/mol. The summed E-state index contributed by atoms with van der Waals surface area (Å²) in [5.74, 6) is 0.569. The Morgan fingerprint density at radius 1 is 1.15 bits per heavy atom. The van der Waals surface area contributed by atoms with Crippen LogP contribution in [-0.2, 0) is 11.3 Å². The zero-order valence-corrected chi connectivity index (χ0v) is 19.9. The molecule has 1 aromatic heterocycles. The van der Waals surface area contributed by atoms with Crippen molar-refractivity contribution in [1.82, 2.24) is 16.0 Å². The van der Waals surface area contributed by atoms with Gasteiger partial charge in [0, 0.05) is 35.3 Å². The number of carbonyl (C=O) groups excluding carboxylic acids is 2. The fourth-order valence-corrected chi connectivity index (χ4v) is 4.56. The fourth-order valence-electron chi connectivity index (χ4n) is 3.62. The van der Waals surface area contributed by atoms with Gasteiger partial charge in [-0.2, -0.15) is 0 Å². The van der Waals surface area contributed by atoms with E-state index in [9.17, 15) is 9.59 Å². The van der Waals surface area contributed by atoms with Crippen LogP contribution in [-0.4, -0.2) is 31.0 Å². The van der Waals surface area contributed by atoms with Crippen LogP contribution in [0.3, 0.4) is 0 Å². The van der Waals surface area contributed by atoms with Crippen molar-refractivity contribution in [2.24, 2.45) is 0 Å². The average molecular weight is 464 g/mol. The van der Waals surface area contributed by atoms with Gasteiger partial charge < -0.3 is 20.7 Å².